The summed E-state index contributed by atoms with van der Waals surface area (Å²) in [4.78, 5) is 13.4. The molecule has 0 radical (unpaired) electrons. The second-order valence-corrected chi connectivity index (χ2v) is 6.25. The number of benzene rings is 1. The molecular formula is C17H24N2O2. The summed E-state index contributed by atoms with van der Waals surface area (Å²) in [5.41, 5.74) is 4.09. The lowest BCUT2D eigenvalue weighted by Crippen LogP contribution is -2.39. The van der Waals surface area contributed by atoms with Gasteiger partial charge in [0.2, 0.25) is 0 Å². The molecule has 0 amide bonds. The summed E-state index contributed by atoms with van der Waals surface area (Å²) in [6, 6.07) is 6.72. The zero-order valence-corrected chi connectivity index (χ0v) is 12.5. The quantitative estimate of drug-likeness (QED) is 0.893. The van der Waals surface area contributed by atoms with Crippen molar-refractivity contribution < 1.29 is 9.90 Å². The number of nitrogens with one attached hydrogen (secondary N) is 1. The van der Waals surface area contributed by atoms with Gasteiger partial charge in [-0.05, 0) is 55.8 Å². The van der Waals surface area contributed by atoms with Gasteiger partial charge in [0.05, 0.1) is 5.92 Å². The maximum absolute atomic E-state index is 11.1. The van der Waals surface area contributed by atoms with Crippen molar-refractivity contribution in [2.24, 2.45) is 5.92 Å². The normalized spacial score (nSPS) is 22.4. The molecule has 2 N–H and O–H groups in total. The number of carboxylic acid groups (broad SMARTS) is 1. The first-order valence-electron chi connectivity index (χ1n) is 8.03. The van der Waals surface area contributed by atoms with Crippen molar-refractivity contribution in [3.8, 4) is 0 Å². The summed E-state index contributed by atoms with van der Waals surface area (Å²) in [6.45, 7) is 3.80. The fourth-order valence-electron chi connectivity index (χ4n) is 3.43. The van der Waals surface area contributed by atoms with E-state index in [0.29, 0.717) is 6.54 Å². The van der Waals surface area contributed by atoms with Crippen LogP contribution in [0.5, 0.6) is 0 Å². The lowest BCUT2D eigenvalue weighted by molar-refractivity contribution is -0.143. The van der Waals surface area contributed by atoms with Crippen LogP contribution in [-0.4, -0.2) is 42.2 Å². The number of hydrogen-bond donors (Lipinski definition) is 2. The van der Waals surface area contributed by atoms with Crippen LogP contribution in [0.4, 0.5) is 5.69 Å². The highest BCUT2D eigenvalue weighted by molar-refractivity contribution is 5.70. The van der Waals surface area contributed by atoms with E-state index in [9.17, 15) is 4.79 Å². The van der Waals surface area contributed by atoms with Crippen molar-refractivity contribution >= 4 is 11.7 Å². The fourth-order valence-corrected chi connectivity index (χ4v) is 3.43. The van der Waals surface area contributed by atoms with Crippen molar-refractivity contribution in [1.29, 1.82) is 0 Å². The number of fused-ring (bicyclic) bond motifs is 1. The molecule has 0 saturated carbocycles. The van der Waals surface area contributed by atoms with E-state index in [-0.39, 0.29) is 5.92 Å². The summed E-state index contributed by atoms with van der Waals surface area (Å²) in [6.07, 6.45) is 5.23. The number of anilines is 1. The van der Waals surface area contributed by atoms with Crippen LogP contribution >= 0.6 is 0 Å². The van der Waals surface area contributed by atoms with Gasteiger partial charge in [-0.25, -0.2) is 0 Å². The van der Waals surface area contributed by atoms with Crippen LogP contribution < -0.4 is 5.32 Å². The molecule has 3 rings (SSSR count). The molecule has 1 aromatic rings. The highest BCUT2D eigenvalue weighted by atomic mass is 16.4. The Morgan fingerprint density at radius 3 is 3.14 bits per heavy atom. The minimum atomic E-state index is -0.639. The molecule has 1 saturated heterocycles. The number of nitrogens with zero attached hydrogens (tertiary/aromatic N) is 1. The molecule has 114 valence electrons. The van der Waals surface area contributed by atoms with Gasteiger partial charge in [0.25, 0.3) is 0 Å². The van der Waals surface area contributed by atoms with E-state index >= 15 is 0 Å². The molecule has 2 aliphatic rings. The van der Waals surface area contributed by atoms with Gasteiger partial charge in [0.1, 0.15) is 0 Å². The first kappa shape index (κ1) is 14.4. The van der Waals surface area contributed by atoms with Crippen LogP contribution in [0, 0.1) is 5.92 Å². The number of hydrogen-bond acceptors (Lipinski definition) is 3. The Morgan fingerprint density at radius 2 is 2.29 bits per heavy atom. The molecule has 0 aromatic heterocycles. The first-order chi connectivity index (χ1) is 10.2. The van der Waals surface area contributed by atoms with Crippen LogP contribution in [0.1, 0.15) is 30.4 Å². The second-order valence-electron chi connectivity index (χ2n) is 6.25. The van der Waals surface area contributed by atoms with Gasteiger partial charge in [-0.1, -0.05) is 12.1 Å². The average Bonchev–Trinajstić information content (AvgIpc) is 2.53. The number of rotatable bonds is 4. The number of carboxylic acids is 1. The van der Waals surface area contributed by atoms with Crippen LogP contribution in [0.2, 0.25) is 0 Å². The third-order valence-corrected chi connectivity index (χ3v) is 4.68. The Balaban J connectivity index is 1.56. The Hall–Kier alpha value is -1.55. The van der Waals surface area contributed by atoms with E-state index in [1.54, 1.807) is 0 Å². The maximum atomic E-state index is 11.1. The Kier molecular flexibility index (Phi) is 4.44. The molecule has 4 nitrogen and oxygen atoms in total. The predicted octanol–water partition coefficient (Wildman–Crippen LogP) is 2.38. The Labute approximate surface area is 126 Å². The van der Waals surface area contributed by atoms with E-state index in [2.05, 4.69) is 28.4 Å². The van der Waals surface area contributed by atoms with Crippen molar-refractivity contribution in [3.05, 3.63) is 29.3 Å². The summed E-state index contributed by atoms with van der Waals surface area (Å²) >= 11 is 0. The Morgan fingerprint density at radius 1 is 1.38 bits per heavy atom. The zero-order valence-electron chi connectivity index (χ0n) is 12.5. The largest absolute Gasteiger partial charge is 0.481 e. The second kappa shape index (κ2) is 6.48. The van der Waals surface area contributed by atoms with Crippen molar-refractivity contribution in [2.75, 3.05) is 31.5 Å². The van der Waals surface area contributed by atoms with Gasteiger partial charge in [-0.3, -0.25) is 4.79 Å². The molecule has 1 atom stereocenters. The predicted molar refractivity (Wildman–Crippen MR) is 83.8 cm³/mol. The van der Waals surface area contributed by atoms with Gasteiger partial charge >= 0.3 is 5.97 Å². The van der Waals surface area contributed by atoms with Crippen LogP contribution in [-0.2, 0) is 17.6 Å². The summed E-state index contributed by atoms with van der Waals surface area (Å²) < 4.78 is 0. The SMILES string of the molecule is O=C(O)C1CCCN(CCc2ccc3c(c2)CCCN3)C1. The smallest absolute Gasteiger partial charge is 0.307 e. The number of aryl methyl sites for hydroxylation is 1. The number of aliphatic carboxylic acids is 1. The molecule has 0 spiro atoms. The summed E-state index contributed by atoms with van der Waals surface area (Å²) in [7, 11) is 0. The molecular weight excluding hydrogens is 264 g/mol. The summed E-state index contributed by atoms with van der Waals surface area (Å²) in [5.74, 6) is -0.814. The molecule has 2 heterocycles. The van der Waals surface area contributed by atoms with Crippen molar-refractivity contribution in [2.45, 2.75) is 32.1 Å². The third-order valence-electron chi connectivity index (χ3n) is 4.68. The van der Waals surface area contributed by atoms with Gasteiger partial charge < -0.3 is 15.3 Å². The molecule has 1 fully saturated rings. The molecule has 4 heteroatoms. The van der Waals surface area contributed by atoms with Gasteiger partial charge in [0.15, 0.2) is 0 Å². The minimum Gasteiger partial charge on any atom is -0.481 e. The highest BCUT2D eigenvalue weighted by Gasteiger charge is 2.24. The van der Waals surface area contributed by atoms with Crippen LogP contribution in [0.3, 0.4) is 0 Å². The first-order valence-corrected chi connectivity index (χ1v) is 8.03. The topological polar surface area (TPSA) is 52.6 Å². The van der Waals surface area contributed by atoms with Gasteiger partial charge in [-0.2, -0.15) is 0 Å². The number of carbonyl (C=O) groups is 1. The highest BCUT2D eigenvalue weighted by Crippen LogP contribution is 2.23. The minimum absolute atomic E-state index is 0.175. The van der Waals surface area contributed by atoms with Crippen molar-refractivity contribution in [1.82, 2.24) is 4.90 Å². The van der Waals surface area contributed by atoms with E-state index in [1.807, 2.05) is 0 Å². The van der Waals surface area contributed by atoms with E-state index in [0.717, 1.165) is 38.9 Å². The number of piperidine rings is 1. The maximum Gasteiger partial charge on any atom is 0.307 e. The molecule has 2 aliphatic heterocycles. The molecule has 1 unspecified atom stereocenters. The Bertz CT molecular complexity index is 516. The average molecular weight is 288 g/mol. The lowest BCUT2D eigenvalue weighted by atomic mass is 9.97. The van der Waals surface area contributed by atoms with E-state index in [4.69, 9.17) is 5.11 Å². The fraction of sp³-hybridized carbons (Fsp3) is 0.588. The standard InChI is InChI=1S/C17H24N2O2/c20-17(21)15-4-2-9-19(12-15)10-7-13-5-6-16-14(11-13)3-1-8-18-16/h5-6,11,15,18H,1-4,7-10,12H2,(H,20,21). The molecule has 0 bridgehead atoms. The van der Waals surface area contributed by atoms with Gasteiger partial charge in [0, 0.05) is 25.3 Å². The summed E-state index contributed by atoms with van der Waals surface area (Å²) in [5, 5.41) is 12.6. The van der Waals surface area contributed by atoms with Crippen LogP contribution in [0.25, 0.3) is 0 Å². The number of likely N-dealkylation sites (tertiary alicyclic amines) is 1. The van der Waals surface area contributed by atoms with Crippen LogP contribution in [0.15, 0.2) is 18.2 Å². The third kappa shape index (κ3) is 3.56. The van der Waals surface area contributed by atoms with E-state index < -0.39 is 5.97 Å². The lowest BCUT2D eigenvalue weighted by Gasteiger charge is -2.30. The molecule has 0 aliphatic carbocycles. The van der Waals surface area contributed by atoms with E-state index in [1.165, 1.54) is 29.7 Å². The molecule has 1 aromatic carbocycles. The monoisotopic (exact) mass is 288 g/mol. The zero-order chi connectivity index (χ0) is 14.7. The molecule has 21 heavy (non-hydrogen) atoms. The van der Waals surface area contributed by atoms with Gasteiger partial charge in [-0.15, -0.1) is 0 Å². The van der Waals surface area contributed by atoms with Crippen molar-refractivity contribution in [3.63, 3.8) is 0 Å².